The van der Waals surface area contributed by atoms with Gasteiger partial charge >= 0.3 is 0 Å². The van der Waals surface area contributed by atoms with Crippen molar-refractivity contribution in [1.82, 2.24) is 9.88 Å². The molecule has 0 aliphatic carbocycles. The molecule has 1 aromatic rings. The highest BCUT2D eigenvalue weighted by molar-refractivity contribution is 9.10. The molecule has 0 amide bonds. The van der Waals surface area contributed by atoms with E-state index in [-0.39, 0.29) is 5.56 Å². The zero-order valence-corrected chi connectivity index (χ0v) is 11.5. The highest BCUT2D eigenvalue weighted by Crippen LogP contribution is 2.04. The number of halogens is 1. The number of nitrogens with one attached hydrogen (secondary N) is 1. The van der Waals surface area contributed by atoms with Gasteiger partial charge in [-0.1, -0.05) is 13.8 Å². The van der Waals surface area contributed by atoms with E-state index in [1.807, 2.05) is 6.20 Å². The maximum atomic E-state index is 11.5. The van der Waals surface area contributed by atoms with Crippen LogP contribution >= 0.6 is 15.9 Å². The lowest BCUT2D eigenvalue weighted by Crippen LogP contribution is -2.27. The second kappa shape index (κ2) is 6.86. The van der Waals surface area contributed by atoms with Gasteiger partial charge in [0, 0.05) is 29.8 Å². The average molecular weight is 287 g/mol. The van der Waals surface area contributed by atoms with Crippen LogP contribution in [0.1, 0.15) is 20.3 Å². The van der Waals surface area contributed by atoms with Gasteiger partial charge in [0.1, 0.15) is 0 Å². The highest BCUT2D eigenvalue weighted by atomic mass is 79.9. The Bertz CT molecular complexity index is 374. The van der Waals surface area contributed by atoms with Gasteiger partial charge in [0.05, 0.1) is 0 Å². The largest absolute Gasteiger partial charge is 0.315 e. The molecule has 90 valence electrons. The number of nitrogens with zero attached hydrogens (tertiary/aromatic N) is 1. The summed E-state index contributed by atoms with van der Waals surface area (Å²) in [6, 6.07) is 3.35. The molecule has 1 N–H and O–H groups in total. The molecule has 1 aromatic heterocycles. The van der Waals surface area contributed by atoms with Crippen LogP contribution in [0.15, 0.2) is 27.6 Å². The Balaban J connectivity index is 2.32. The Morgan fingerprint density at radius 3 is 2.81 bits per heavy atom. The van der Waals surface area contributed by atoms with E-state index < -0.39 is 0 Å². The van der Waals surface area contributed by atoms with Crippen LogP contribution in [0.4, 0.5) is 0 Å². The van der Waals surface area contributed by atoms with Crippen molar-refractivity contribution >= 4 is 15.9 Å². The molecule has 0 radical (unpaired) electrons. The Labute approximate surface area is 105 Å². The monoisotopic (exact) mass is 286 g/mol. The standard InChI is InChI=1S/C12H19BrN2O/c1-10(2)5-6-14-7-8-15-9-11(13)3-4-12(15)16/h3-4,9-10,14H,5-8H2,1-2H3. The van der Waals surface area contributed by atoms with Crippen LogP contribution in [0.3, 0.4) is 0 Å². The van der Waals surface area contributed by atoms with E-state index in [1.54, 1.807) is 16.7 Å². The molecule has 0 atom stereocenters. The van der Waals surface area contributed by atoms with Crippen molar-refractivity contribution in [1.29, 1.82) is 0 Å². The fourth-order valence-electron chi connectivity index (χ4n) is 1.39. The molecule has 4 heteroatoms. The Morgan fingerprint density at radius 2 is 2.12 bits per heavy atom. The van der Waals surface area contributed by atoms with Crippen molar-refractivity contribution in [2.24, 2.45) is 5.92 Å². The number of hydrogen-bond acceptors (Lipinski definition) is 2. The predicted molar refractivity (Wildman–Crippen MR) is 70.7 cm³/mol. The minimum Gasteiger partial charge on any atom is -0.315 e. The van der Waals surface area contributed by atoms with E-state index in [1.165, 1.54) is 6.42 Å². The molecule has 16 heavy (non-hydrogen) atoms. The Hall–Kier alpha value is -0.610. The summed E-state index contributed by atoms with van der Waals surface area (Å²) in [6.07, 6.45) is 3.00. The van der Waals surface area contributed by atoms with Crippen LogP contribution in [0.25, 0.3) is 0 Å². The summed E-state index contributed by atoms with van der Waals surface area (Å²) < 4.78 is 2.65. The average Bonchev–Trinajstić information content (AvgIpc) is 2.22. The maximum Gasteiger partial charge on any atom is 0.250 e. The van der Waals surface area contributed by atoms with Gasteiger partial charge in [-0.2, -0.15) is 0 Å². The summed E-state index contributed by atoms with van der Waals surface area (Å²) in [7, 11) is 0. The first-order valence-electron chi connectivity index (χ1n) is 5.66. The topological polar surface area (TPSA) is 34.0 Å². The molecular weight excluding hydrogens is 268 g/mol. The molecular formula is C12H19BrN2O. The first-order chi connectivity index (χ1) is 7.59. The van der Waals surface area contributed by atoms with Gasteiger partial charge in [0.15, 0.2) is 0 Å². The minimum atomic E-state index is 0.0499. The summed E-state index contributed by atoms with van der Waals surface area (Å²) >= 11 is 3.36. The molecule has 1 rings (SSSR count). The lowest BCUT2D eigenvalue weighted by Gasteiger charge is -2.08. The molecule has 0 unspecified atom stereocenters. The number of hydrogen-bond donors (Lipinski definition) is 1. The van der Waals surface area contributed by atoms with Crippen molar-refractivity contribution in [2.45, 2.75) is 26.8 Å². The molecule has 1 heterocycles. The molecule has 0 saturated heterocycles. The summed E-state index contributed by atoms with van der Waals surface area (Å²) in [5.41, 5.74) is 0.0499. The third-order valence-corrected chi connectivity index (χ3v) is 2.84. The SMILES string of the molecule is CC(C)CCNCCn1cc(Br)ccc1=O. The fraction of sp³-hybridized carbons (Fsp3) is 0.583. The number of pyridine rings is 1. The first-order valence-corrected chi connectivity index (χ1v) is 6.45. The maximum absolute atomic E-state index is 11.5. The van der Waals surface area contributed by atoms with Crippen LogP contribution in [0, 0.1) is 5.92 Å². The smallest absolute Gasteiger partial charge is 0.250 e. The van der Waals surface area contributed by atoms with E-state index in [0.29, 0.717) is 0 Å². The van der Waals surface area contributed by atoms with Gasteiger partial charge in [-0.15, -0.1) is 0 Å². The molecule has 0 spiro atoms. The van der Waals surface area contributed by atoms with Crippen molar-refractivity contribution in [3.8, 4) is 0 Å². The Kier molecular flexibility index (Phi) is 5.77. The molecule has 3 nitrogen and oxygen atoms in total. The predicted octanol–water partition coefficient (Wildman–Crippen LogP) is 2.25. The van der Waals surface area contributed by atoms with E-state index in [2.05, 4.69) is 35.1 Å². The van der Waals surface area contributed by atoms with Gasteiger partial charge in [-0.25, -0.2) is 0 Å². The van der Waals surface area contributed by atoms with Gasteiger partial charge < -0.3 is 9.88 Å². The molecule has 0 aliphatic rings. The third-order valence-electron chi connectivity index (χ3n) is 2.38. The van der Waals surface area contributed by atoms with Gasteiger partial charge in [0.25, 0.3) is 5.56 Å². The third kappa shape index (κ3) is 4.94. The molecule has 0 aromatic carbocycles. The highest BCUT2D eigenvalue weighted by Gasteiger charge is 1.97. The molecule has 0 saturated carbocycles. The second-order valence-corrected chi connectivity index (χ2v) is 5.23. The minimum absolute atomic E-state index is 0.0499. The summed E-state index contributed by atoms with van der Waals surface area (Å²) in [6.45, 7) is 6.99. The van der Waals surface area contributed by atoms with Crippen molar-refractivity contribution in [3.05, 3.63) is 33.2 Å². The number of aromatic nitrogens is 1. The number of rotatable bonds is 6. The van der Waals surface area contributed by atoms with Crippen LogP contribution < -0.4 is 10.9 Å². The van der Waals surface area contributed by atoms with Crippen molar-refractivity contribution in [3.63, 3.8) is 0 Å². The van der Waals surface area contributed by atoms with E-state index in [9.17, 15) is 4.79 Å². The van der Waals surface area contributed by atoms with Crippen LogP contribution in [0.5, 0.6) is 0 Å². The van der Waals surface area contributed by atoms with Gasteiger partial charge in [-0.05, 0) is 40.9 Å². The molecule has 0 bridgehead atoms. The lowest BCUT2D eigenvalue weighted by molar-refractivity contribution is 0.516. The first kappa shape index (κ1) is 13.5. The second-order valence-electron chi connectivity index (χ2n) is 4.31. The Morgan fingerprint density at radius 1 is 1.38 bits per heavy atom. The fourth-order valence-corrected chi connectivity index (χ4v) is 1.77. The zero-order chi connectivity index (χ0) is 12.0. The normalized spacial score (nSPS) is 11.0. The van der Waals surface area contributed by atoms with Crippen LogP contribution in [0.2, 0.25) is 0 Å². The van der Waals surface area contributed by atoms with Crippen LogP contribution in [-0.2, 0) is 6.54 Å². The zero-order valence-electron chi connectivity index (χ0n) is 9.87. The lowest BCUT2D eigenvalue weighted by atomic mass is 10.1. The summed E-state index contributed by atoms with van der Waals surface area (Å²) in [4.78, 5) is 11.5. The van der Waals surface area contributed by atoms with Gasteiger partial charge in [0.2, 0.25) is 0 Å². The van der Waals surface area contributed by atoms with Crippen LogP contribution in [-0.4, -0.2) is 17.7 Å². The summed E-state index contributed by atoms with van der Waals surface area (Å²) in [5, 5.41) is 3.34. The van der Waals surface area contributed by atoms with E-state index in [4.69, 9.17) is 0 Å². The molecule has 0 fully saturated rings. The summed E-state index contributed by atoms with van der Waals surface area (Å²) in [5.74, 6) is 0.723. The quantitative estimate of drug-likeness (QED) is 0.814. The van der Waals surface area contributed by atoms with Gasteiger partial charge in [-0.3, -0.25) is 4.79 Å². The van der Waals surface area contributed by atoms with E-state index in [0.717, 1.165) is 30.0 Å². The van der Waals surface area contributed by atoms with Crippen molar-refractivity contribution in [2.75, 3.05) is 13.1 Å². The van der Waals surface area contributed by atoms with Crippen molar-refractivity contribution < 1.29 is 0 Å². The molecule has 0 aliphatic heterocycles. The van der Waals surface area contributed by atoms with E-state index >= 15 is 0 Å².